The number of hydrogen-bond acceptors (Lipinski definition) is 6. The van der Waals surface area contributed by atoms with Gasteiger partial charge in [0.05, 0.1) is 18.6 Å². The third kappa shape index (κ3) is 5.72. The predicted octanol–water partition coefficient (Wildman–Crippen LogP) is 5.76. The molecule has 1 aromatic heterocycles. The van der Waals surface area contributed by atoms with E-state index in [4.69, 9.17) is 9.47 Å². The number of rotatable bonds is 6. The van der Waals surface area contributed by atoms with Crippen LogP contribution < -0.4 is 4.74 Å². The first-order chi connectivity index (χ1) is 15.4. The summed E-state index contributed by atoms with van der Waals surface area (Å²) >= 11 is 0.997. The quantitative estimate of drug-likeness (QED) is 0.438. The number of ether oxygens (including phenoxy) is 2. The maximum Gasteiger partial charge on any atom is 0.410 e. The second-order valence-corrected chi connectivity index (χ2v) is 11.7. The van der Waals surface area contributed by atoms with Crippen LogP contribution in [0, 0.1) is 5.82 Å². The Bertz CT molecular complexity index is 1260. The van der Waals surface area contributed by atoms with Crippen LogP contribution >= 0.6 is 11.3 Å². The van der Waals surface area contributed by atoms with E-state index < -0.39 is 27.3 Å². The zero-order valence-electron chi connectivity index (χ0n) is 19.1. The van der Waals surface area contributed by atoms with Crippen molar-refractivity contribution in [3.8, 4) is 16.9 Å². The number of nitrogens with zero attached hydrogens (tertiary/aromatic N) is 1. The minimum absolute atomic E-state index is 0.00607. The molecule has 2 aromatic carbocycles. The van der Waals surface area contributed by atoms with Crippen molar-refractivity contribution >= 4 is 27.3 Å². The highest BCUT2D eigenvalue weighted by Crippen LogP contribution is 2.40. The Morgan fingerprint density at radius 3 is 2.39 bits per heavy atom. The number of sulfone groups is 1. The lowest BCUT2D eigenvalue weighted by Crippen LogP contribution is -2.33. The molecule has 0 N–H and O–H groups in total. The number of carbonyl (C=O) groups excluding carboxylic acids is 1. The Morgan fingerprint density at radius 2 is 1.76 bits per heavy atom. The molecule has 0 radical (unpaired) electrons. The number of benzene rings is 2. The number of hydrogen-bond donors (Lipinski definition) is 0. The van der Waals surface area contributed by atoms with Crippen molar-refractivity contribution in [3.63, 3.8) is 0 Å². The fraction of sp³-hybridized carbons (Fsp3) is 0.292. The van der Waals surface area contributed by atoms with Gasteiger partial charge in [-0.15, -0.1) is 11.3 Å². The van der Waals surface area contributed by atoms with Crippen molar-refractivity contribution in [2.45, 2.75) is 42.0 Å². The molecule has 0 saturated carbocycles. The molecule has 0 spiro atoms. The molecule has 0 bridgehead atoms. The molecule has 3 aromatic rings. The molecule has 33 heavy (non-hydrogen) atoms. The zero-order valence-corrected chi connectivity index (χ0v) is 20.7. The molecule has 0 aliphatic rings. The second-order valence-electron chi connectivity index (χ2n) is 8.41. The van der Waals surface area contributed by atoms with Gasteiger partial charge in [-0.2, -0.15) is 0 Å². The molecule has 0 saturated heterocycles. The van der Waals surface area contributed by atoms with Gasteiger partial charge in [-0.1, -0.05) is 24.3 Å². The Kier molecular flexibility index (Phi) is 7.14. The normalized spacial score (nSPS) is 11.8. The summed E-state index contributed by atoms with van der Waals surface area (Å²) in [7, 11) is -0.981. The van der Waals surface area contributed by atoms with Crippen molar-refractivity contribution in [3.05, 3.63) is 65.3 Å². The molecule has 1 amide bonds. The monoisotopic (exact) mass is 491 g/mol. The maximum atomic E-state index is 14.7. The first-order valence-electron chi connectivity index (χ1n) is 10.1. The summed E-state index contributed by atoms with van der Waals surface area (Å²) < 4.78 is 52.3. The number of thiophene rings is 1. The zero-order chi connectivity index (χ0) is 24.4. The average molecular weight is 492 g/mol. The highest BCUT2D eigenvalue weighted by Gasteiger charge is 2.28. The first kappa shape index (κ1) is 24.7. The summed E-state index contributed by atoms with van der Waals surface area (Å²) in [6, 6.07) is 13.7. The van der Waals surface area contributed by atoms with Gasteiger partial charge < -0.3 is 14.4 Å². The van der Waals surface area contributed by atoms with Gasteiger partial charge in [-0.25, -0.2) is 17.6 Å². The van der Waals surface area contributed by atoms with E-state index in [9.17, 15) is 17.6 Å². The standard InChI is InChI=1S/C24H26FNO5S2/c1-24(2,3)31-23(27)26(4)15-17-14-20(19-11-6-7-12-21(19)25)22(32-17)33(28,29)18-10-8-9-16(13-18)30-5/h6-14H,15H2,1-5H3. The SMILES string of the molecule is COc1cccc(S(=O)(=O)c2sc(CN(C)C(=O)OC(C)(C)C)cc2-c2ccccc2F)c1. The van der Waals surface area contributed by atoms with Crippen molar-refractivity contribution in [1.82, 2.24) is 4.90 Å². The molecule has 1 heterocycles. The topological polar surface area (TPSA) is 72.9 Å². The molecule has 3 rings (SSSR count). The Morgan fingerprint density at radius 1 is 1.06 bits per heavy atom. The van der Waals surface area contributed by atoms with Crippen LogP contribution in [0.2, 0.25) is 0 Å². The Labute approximate surface area is 197 Å². The van der Waals surface area contributed by atoms with E-state index in [-0.39, 0.29) is 26.8 Å². The lowest BCUT2D eigenvalue weighted by molar-refractivity contribution is 0.0286. The fourth-order valence-corrected chi connectivity index (χ4v) is 6.28. The second kappa shape index (κ2) is 9.52. The Balaban J connectivity index is 2.08. The van der Waals surface area contributed by atoms with E-state index in [1.54, 1.807) is 58.2 Å². The highest BCUT2D eigenvalue weighted by atomic mass is 32.2. The summed E-state index contributed by atoms with van der Waals surface area (Å²) in [5.74, 6) is -0.144. The minimum atomic E-state index is -3.99. The van der Waals surface area contributed by atoms with Crippen molar-refractivity contribution in [1.29, 1.82) is 0 Å². The summed E-state index contributed by atoms with van der Waals surface area (Å²) in [5, 5.41) is 0. The molecular weight excluding hydrogens is 465 g/mol. The molecule has 6 nitrogen and oxygen atoms in total. The van der Waals surface area contributed by atoms with E-state index in [1.165, 1.54) is 36.3 Å². The van der Waals surface area contributed by atoms with Crippen LogP contribution in [-0.4, -0.2) is 39.2 Å². The lowest BCUT2D eigenvalue weighted by atomic mass is 10.1. The van der Waals surface area contributed by atoms with Gasteiger partial charge in [0.2, 0.25) is 9.84 Å². The van der Waals surface area contributed by atoms with Crippen LogP contribution in [0.4, 0.5) is 9.18 Å². The van der Waals surface area contributed by atoms with Crippen molar-refractivity contribution < 1.29 is 27.1 Å². The van der Waals surface area contributed by atoms with Gasteiger partial charge in [0.15, 0.2) is 0 Å². The van der Waals surface area contributed by atoms with Crippen molar-refractivity contribution in [2.24, 2.45) is 0 Å². The molecule has 176 valence electrons. The van der Waals surface area contributed by atoms with Gasteiger partial charge in [0.25, 0.3) is 0 Å². The molecular formula is C24H26FNO5S2. The van der Waals surface area contributed by atoms with Gasteiger partial charge in [0, 0.05) is 23.1 Å². The average Bonchev–Trinajstić information content (AvgIpc) is 3.17. The van der Waals surface area contributed by atoms with Gasteiger partial charge >= 0.3 is 6.09 Å². The van der Waals surface area contributed by atoms with Gasteiger partial charge in [0.1, 0.15) is 21.4 Å². The van der Waals surface area contributed by atoms with Crippen LogP contribution in [0.1, 0.15) is 25.6 Å². The minimum Gasteiger partial charge on any atom is -0.497 e. The molecule has 0 atom stereocenters. The van der Waals surface area contributed by atoms with Gasteiger partial charge in [-0.3, -0.25) is 0 Å². The molecule has 0 aliphatic heterocycles. The summed E-state index contributed by atoms with van der Waals surface area (Å²) in [5.41, 5.74) is -0.255. The van der Waals surface area contributed by atoms with E-state index in [1.807, 2.05) is 0 Å². The highest BCUT2D eigenvalue weighted by molar-refractivity contribution is 7.93. The first-order valence-corrected chi connectivity index (χ1v) is 12.4. The van der Waals surface area contributed by atoms with Crippen LogP contribution in [0.3, 0.4) is 0 Å². The van der Waals surface area contributed by atoms with E-state index in [2.05, 4.69) is 0 Å². The van der Waals surface area contributed by atoms with Crippen LogP contribution in [0.5, 0.6) is 5.75 Å². The number of halogens is 1. The number of carbonyl (C=O) groups is 1. The number of methoxy groups -OCH3 is 1. The molecule has 0 unspecified atom stereocenters. The van der Waals surface area contributed by atoms with E-state index in [0.717, 1.165) is 11.3 Å². The Hall–Kier alpha value is -2.91. The summed E-state index contributed by atoms with van der Waals surface area (Å²) in [6.07, 6.45) is -0.541. The third-order valence-electron chi connectivity index (χ3n) is 4.61. The summed E-state index contributed by atoms with van der Waals surface area (Å²) in [6.45, 7) is 5.39. The smallest absolute Gasteiger partial charge is 0.410 e. The van der Waals surface area contributed by atoms with E-state index in [0.29, 0.717) is 10.6 Å². The molecule has 0 fully saturated rings. The lowest BCUT2D eigenvalue weighted by Gasteiger charge is -2.24. The number of amides is 1. The molecule has 0 aliphatic carbocycles. The van der Waals surface area contributed by atoms with E-state index >= 15 is 0 Å². The van der Waals surface area contributed by atoms with Gasteiger partial charge in [-0.05, 0) is 51.1 Å². The van der Waals surface area contributed by atoms with Crippen LogP contribution in [0.25, 0.3) is 11.1 Å². The van der Waals surface area contributed by atoms with Crippen LogP contribution in [-0.2, 0) is 21.1 Å². The fourth-order valence-electron chi connectivity index (χ4n) is 3.08. The van der Waals surface area contributed by atoms with Crippen LogP contribution in [0.15, 0.2) is 63.7 Å². The third-order valence-corrected chi connectivity index (χ3v) is 8.01. The molecule has 9 heteroatoms. The maximum absolute atomic E-state index is 14.7. The summed E-state index contributed by atoms with van der Waals surface area (Å²) in [4.78, 5) is 14.3. The predicted molar refractivity (Wildman–Crippen MR) is 126 cm³/mol. The largest absolute Gasteiger partial charge is 0.497 e. The van der Waals surface area contributed by atoms with Crippen molar-refractivity contribution in [2.75, 3.05) is 14.2 Å².